The summed E-state index contributed by atoms with van der Waals surface area (Å²) in [5.74, 6) is 2.53. The van der Waals surface area contributed by atoms with Crippen molar-refractivity contribution in [1.29, 1.82) is 0 Å². The zero-order valence-corrected chi connectivity index (χ0v) is 13.7. The zero-order chi connectivity index (χ0) is 13.4. The number of hydrogen-bond acceptors (Lipinski definition) is 3. The molecule has 0 radical (unpaired) electrons. The first kappa shape index (κ1) is 13.3. The lowest BCUT2D eigenvalue weighted by atomic mass is 10.3. The highest BCUT2D eigenvalue weighted by atomic mass is 79.9. The van der Waals surface area contributed by atoms with Crippen LogP contribution in [-0.4, -0.2) is 9.97 Å². The van der Waals surface area contributed by atoms with Gasteiger partial charge in [-0.05, 0) is 62.9 Å². The molecule has 0 bridgehead atoms. The Morgan fingerprint density at radius 3 is 2.63 bits per heavy atom. The summed E-state index contributed by atoms with van der Waals surface area (Å²) in [5.41, 5.74) is 0. The highest BCUT2D eigenvalue weighted by Crippen LogP contribution is 2.39. The monoisotopic (exact) mass is 402 g/mol. The van der Waals surface area contributed by atoms with Crippen molar-refractivity contribution in [2.75, 3.05) is 0 Å². The second-order valence-electron chi connectivity index (χ2n) is 4.34. The van der Waals surface area contributed by atoms with E-state index in [1.54, 1.807) is 24.3 Å². The van der Waals surface area contributed by atoms with Crippen molar-refractivity contribution < 1.29 is 4.74 Å². The molecule has 0 aliphatic heterocycles. The van der Waals surface area contributed by atoms with E-state index in [-0.39, 0.29) is 0 Å². The van der Waals surface area contributed by atoms with Crippen LogP contribution in [-0.2, 0) is 0 Å². The van der Waals surface area contributed by atoms with Gasteiger partial charge in [-0.3, -0.25) is 0 Å². The number of aromatic nitrogens is 2. The Hall–Kier alpha value is -0.650. The van der Waals surface area contributed by atoms with E-state index in [0.717, 1.165) is 27.7 Å². The SMILES string of the molecule is Clc1ccc(Oc2cc(Br)nc(C3CC3)n2)c(Br)c1. The van der Waals surface area contributed by atoms with Gasteiger partial charge in [0.1, 0.15) is 16.2 Å². The zero-order valence-electron chi connectivity index (χ0n) is 9.74. The molecular formula is C13H9Br2ClN2O. The first-order valence-electron chi connectivity index (χ1n) is 5.79. The molecule has 0 unspecified atom stereocenters. The van der Waals surface area contributed by atoms with E-state index >= 15 is 0 Å². The molecule has 0 N–H and O–H groups in total. The van der Waals surface area contributed by atoms with Gasteiger partial charge in [-0.1, -0.05) is 11.6 Å². The summed E-state index contributed by atoms with van der Waals surface area (Å²) in [6.07, 6.45) is 2.31. The first-order valence-corrected chi connectivity index (χ1v) is 7.75. The fourth-order valence-electron chi connectivity index (χ4n) is 1.66. The Labute approximate surface area is 132 Å². The summed E-state index contributed by atoms with van der Waals surface area (Å²) in [6, 6.07) is 7.13. The van der Waals surface area contributed by atoms with Gasteiger partial charge in [-0.25, -0.2) is 4.98 Å². The van der Waals surface area contributed by atoms with Crippen LogP contribution in [0, 0.1) is 0 Å². The average Bonchev–Trinajstić information content (AvgIpc) is 3.16. The Balaban J connectivity index is 1.89. The fraction of sp³-hybridized carbons (Fsp3) is 0.231. The molecule has 1 saturated carbocycles. The number of rotatable bonds is 3. The molecule has 1 aliphatic rings. The van der Waals surface area contributed by atoms with Gasteiger partial charge >= 0.3 is 0 Å². The minimum absolute atomic E-state index is 0.480. The molecule has 0 saturated heterocycles. The Bertz CT molecular complexity index is 632. The summed E-state index contributed by atoms with van der Waals surface area (Å²) < 4.78 is 7.31. The van der Waals surface area contributed by atoms with E-state index in [2.05, 4.69) is 41.8 Å². The summed E-state index contributed by atoms with van der Waals surface area (Å²) in [5, 5.41) is 0.654. The van der Waals surface area contributed by atoms with Crippen molar-refractivity contribution in [1.82, 2.24) is 9.97 Å². The third-order valence-electron chi connectivity index (χ3n) is 2.74. The molecule has 3 nitrogen and oxygen atoms in total. The third kappa shape index (κ3) is 3.27. The summed E-state index contributed by atoms with van der Waals surface area (Å²) >= 11 is 12.7. The van der Waals surface area contributed by atoms with Crippen molar-refractivity contribution in [3.05, 3.63) is 44.2 Å². The molecule has 98 valence electrons. The lowest BCUT2D eigenvalue weighted by Crippen LogP contribution is -1.96. The van der Waals surface area contributed by atoms with E-state index in [4.69, 9.17) is 16.3 Å². The van der Waals surface area contributed by atoms with E-state index in [9.17, 15) is 0 Å². The quantitative estimate of drug-likeness (QED) is 0.649. The highest BCUT2D eigenvalue weighted by molar-refractivity contribution is 9.10. The lowest BCUT2D eigenvalue weighted by molar-refractivity contribution is 0.455. The van der Waals surface area contributed by atoms with E-state index < -0.39 is 0 Å². The van der Waals surface area contributed by atoms with Crippen molar-refractivity contribution in [3.8, 4) is 11.6 Å². The number of benzene rings is 1. The lowest BCUT2D eigenvalue weighted by Gasteiger charge is -2.08. The van der Waals surface area contributed by atoms with Crippen LogP contribution in [0.4, 0.5) is 0 Å². The topological polar surface area (TPSA) is 35.0 Å². The van der Waals surface area contributed by atoms with Crippen molar-refractivity contribution >= 4 is 43.5 Å². The minimum Gasteiger partial charge on any atom is -0.438 e. The van der Waals surface area contributed by atoms with Gasteiger partial charge in [0.25, 0.3) is 0 Å². The molecule has 1 aromatic carbocycles. The maximum absolute atomic E-state index is 5.90. The summed E-state index contributed by atoms with van der Waals surface area (Å²) in [6.45, 7) is 0. The average molecular weight is 404 g/mol. The molecule has 1 aliphatic carbocycles. The minimum atomic E-state index is 0.480. The first-order chi connectivity index (χ1) is 9.11. The number of ether oxygens (including phenoxy) is 1. The Kier molecular flexibility index (Phi) is 3.78. The third-order valence-corrected chi connectivity index (χ3v) is 4.00. The Morgan fingerprint density at radius 1 is 1.16 bits per heavy atom. The highest BCUT2D eigenvalue weighted by Gasteiger charge is 2.27. The second kappa shape index (κ2) is 5.38. The maximum Gasteiger partial charge on any atom is 0.223 e. The normalized spacial score (nSPS) is 14.5. The molecule has 1 fully saturated rings. The van der Waals surface area contributed by atoms with Crippen LogP contribution in [0.25, 0.3) is 0 Å². The largest absolute Gasteiger partial charge is 0.438 e. The molecule has 19 heavy (non-hydrogen) atoms. The van der Waals surface area contributed by atoms with Crippen molar-refractivity contribution in [2.24, 2.45) is 0 Å². The van der Waals surface area contributed by atoms with Crippen LogP contribution in [0.1, 0.15) is 24.6 Å². The Morgan fingerprint density at radius 2 is 1.95 bits per heavy atom. The predicted molar refractivity (Wildman–Crippen MR) is 80.9 cm³/mol. The molecule has 0 spiro atoms. The van der Waals surface area contributed by atoms with E-state index in [0.29, 0.717) is 22.6 Å². The van der Waals surface area contributed by atoms with Crippen LogP contribution >= 0.6 is 43.5 Å². The van der Waals surface area contributed by atoms with Gasteiger partial charge in [-0.15, -0.1) is 0 Å². The molecule has 2 aromatic rings. The molecule has 0 atom stereocenters. The fourth-order valence-corrected chi connectivity index (χ4v) is 2.80. The van der Waals surface area contributed by atoms with Crippen molar-refractivity contribution in [2.45, 2.75) is 18.8 Å². The number of halogens is 3. The molecule has 1 aromatic heterocycles. The smallest absolute Gasteiger partial charge is 0.223 e. The summed E-state index contributed by atoms with van der Waals surface area (Å²) in [4.78, 5) is 8.80. The number of nitrogens with zero attached hydrogens (tertiary/aromatic N) is 2. The van der Waals surface area contributed by atoms with E-state index in [1.165, 1.54) is 0 Å². The van der Waals surface area contributed by atoms with E-state index in [1.807, 2.05) is 0 Å². The van der Waals surface area contributed by atoms with Crippen LogP contribution in [0.3, 0.4) is 0 Å². The molecule has 0 amide bonds. The molecular weight excluding hydrogens is 395 g/mol. The molecule has 1 heterocycles. The number of hydrogen-bond donors (Lipinski definition) is 0. The maximum atomic E-state index is 5.90. The van der Waals surface area contributed by atoms with Gasteiger partial charge in [0.15, 0.2) is 0 Å². The van der Waals surface area contributed by atoms with Gasteiger partial charge in [0.2, 0.25) is 5.88 Å². The standard InChI is InChI=1S/C13H9Br2ClN2O/c14-9-5-8(16)3-4-10(9)19-12-6-11(15)17-13(18-12)7-1-2-7/h3-7H,1-2H2. The van der Waals surface area contributed by atoms with Crippen LogP contribution in [0.15, 0.2) is 33.3 Å². The van der Waals surface area contributed by atoms with Gasteiger partial charge in [0, 0.05) is 17.0 Å². The van der Waals surface area contributed by atoms with Crippen LogP contribution < -0.4 is 4.74 Å². The molecule has 3 rings (SSSR count). The van der Waals surface area contributed by atoms with Gasteiger partial charge < -0.3 is 4.74 Å². The predicted octanol–water partition coefficient (Wildman–Crippen LogP) is 5.32. The van der Waals surface area contributed by atoms with Crippen LogP contribution in [0.5, 0.6) is 11.6 Å². The van der Waals surface area contributed by atoms with Crippen molar-refractivity contribution in [3.63, 3.8) is 0 Å². The summed E-state index contributed by atoms with van der Waals surface area (Å²) in [7, 11) is 0. The second-order valence-corrected chi connectivity index (χ2v) is 6.44. The van der Waals surface area contributed by atoms with Crippen LogP contribution in [0.2, 0.25) is 5.02 Å². The van der Waals surface area contributed by atoms with Gasteiger partial charge in [-0.2, -0.15) is 4.98 Å². The molecule has 6 heteroatoms. The van der Waals surface area contributed by atoms with Gasteiger partial charge in [0.05, 0.1) is 4.47 Å².